The number of nitrogens with one attached hydrogen (secondary N) is 1. The lowest BCUT2D eigenvalue weighted by Gasteiger charge is -2.16. The highest BCUT2D eigenvalue weighted by molar-refractivity contribution is 5.82. The van der Waals surface area contributed by atoms with Crippen LogP contribution in [0, 0.1) is 0 Å². The van der Waals surface area contributed by atoms with Crippen LogP contribution >= 0.6 is 0 Å². The van der Waals surface area contributed by atoms with Crippen LogP contribution in [-0.4, -0.2) is 81.1 Å². The summed E-state index contributed by atoms with van der Waals surface area (Å²) in [5.74, 6) is 2.03. The van der Waals surface area contributed by atoms with Crippen molar-refractivity contribution < 1.29 is 34.3 Å². The van der Waals surface area contributed by atoms with E-state index >= 15 is 0 Å². The lowest BCUT2D eigenvalue weighted by Crippen LogP contribution is -2.33. The molecule has 1 fully saturated rings. The summed E-state index contributed by atoms with van der Waals surface area (Å²) >= 11 is 0. The first-order chi connectivity index (χ1) is 15.5. The van der Waals surface area contributed by atoms with Gasteiger partial charge in [0.15, 0.2) is 34.7 Å². The van der Waals surface area contributed by atoms with Crippen LogP contribution in [0.3, 0.4) is 0 Å². The molecule has 0 spiro atoms. The minimum Gasteiger partial charge on any atom is -0.493 e. The monoisotopic (exact) mass is 447 g/mol. The van der Waals surface area contributed by atoms with E-state index in [9.17, 15) is 15.3 Å². The quantitative estimate of drug-likeness (QED) is 0.371. The number of anilines is 1. The third-order valence-electron chi connectivity index (χ3n) is 5.33. The van der Waals surface area contributed by atoms with Gasteiger partial charge in [-0.1, -0.05) is 0 Å². The first-order valence-electron chi connectivity index (χ1n) is 9.85. The highest BCUT2D eigenvalue weighted by Gasteiger charge is 2.44. The van der Waals surface area contributed by atoms with Crippen LogP contribution in [0.1, 0.15) is 11.8 Å². The molecule has 1 saturated heterocycles. The molecule has 1 aliphatic rings. The Kier molecular flexibility index (Phi) is 6.28. The maximum Gasteiger partial charge on any atom is 0.203 e. The molecule has 3 heterocycles. The normalized spacial score (nSPS) is 22.8. The van der Waals surface area contributed by atoms with Gasteiger partial charge in [-0.25, -0.2) is 15.0 Å². The Morgan fingerprint density at radius 3 is 2.34 bits per heavy atom. The van der Waals surface area contributed by atoms with Gasteiger partial charge >= 0.3 is 0 Å². The minimum atomic E-state index is -1.24. The van der Waals surface area contributed by atoms with Gasteiger partial charge in [-0.3, -0.25) is 4.57 Å². The Morgan fingerprint density at radius 2 is 1.75 bits per heavy atom. The summed E-state index contributed by atoms with van der Waals surface area (Å²) in [6.45, 7) is -0.0402. The van der Waals surface area contributed by atoms with Crippen LogP contribution in [0.25, 0.3) is 11.2 Å². The molecule has 172 valence electrons. The molecule has 1 aliphatic heterocycles. The first-order valence-corrected chi connectivity index (χ1v) is 9.85. The van der Waals surface area contributed by atoms with E-state index in [0.29, 0.717) is 40.8 Å². The molecule has 0 bridgehead atoms. The van der Waals surface area contributed by atoms with Gasteiger partial charge in [-0.15, -0.1) is 0 Å². The molecule has 4 atom stereocenters. The van der Waals surface area contributed by atoms with Crippen LogP contribution in [0.4, 0.5) is 5.82 Å². The van der Waals surface area contributed by atoms with E-state index in [1.54, 1.807) is 21.3 Å². The topological polar surface area (TPSA) is 153 Å². The number of imidazole rings is 1. The number of aliphatic hydroxyl groups is 3. The second-order valence-corrected chi connectivity index (χ2v) is 7.16. The van der Waals surface area contributed by atoms with Gasteiger partial charge in [0.25, 0.3) is 0 Å². The first kappa shape index (κ1) is 22.0. The van der Waals surface area contributed by atoms with Crippen molar-refractivity contribution >= 4 is 17.0 Å². The number of aliphatic hydroxyl groups excluding tert-OH is 3. The van der Waals surface area contributed by atoms with Crippen molar-refractivity contribution in [3.05, 3.63) is 30.4 Å². The van der Waals surface area contributed by atoms with Crippen molar-refractivity contribution in [1.29, 1.82) is 0 Å². The number of aromatic nitrogens is 4. The second kappa shape index (κ2) is 9.12. The van der Waals surface area contributed by atoms with Gasteiger partial charge in [0.05, 0.1) is 34.3 Å². The number of hydrogen-bond acceptors (Lipinski definition) is 11. The van der Waals surface area contributed by atoms with Gasteiger partial charge < -0.3 is 39.6 Å². The third-order valence-corrected chi connectivity index (χ3v) is 5.33. The Bertz CT molecular complexity index is 1070. The summed E-state index contributed by atoms with van der Waals surface area (Å²) in [6, 6.07) is 3.65. The molecule has 2 aromatic heterocycles. The summed E-state index contributed by atoms with van der Waals surface area (Å²) in [7, 11) is 4.64. The van der Waals surface area contributed by atoms with E-state index in [2.05, 4.69) is 20.3 Å². The zero-order valence-electron chi connectivity index (χ0n) is 17.8. The Balaban J connectivity index is 1.59. The molecule has 12 nitrogen and oxygen atoms in total. The molecule has 0 aliphatic carbocycles. The summed E-state index contributed by atoms with van der Waals surface area (Å²) in [4.78, 5) is 12.9. The highest BCUT2D eigenvalue weighted by Crippen LogP contribution is 2.38. The van der Waals surface area contributed by atoms with E-state index < -0.39 is 31.1 Å². The molecule has 3 aromatic rings. The van der Waals surface area contributed by atoms with E-state index in [4.69, 9.17) is 18.9 Å². The van der Waals surface area contributed by atoms with Crippen LogP contribution in [-0.2, 0) is 11.3 Å². The predicted octanol–water partition coefficient (Wildman–Crippen LogP) is 0.0757. The smallest absolute Gasteiger partial charge is 0.203 e. The van der Waals surface area contributed by atoms with Crippen LogP contribution in [0.2, 0.25) is 0 Å². The lowest BCUT2D eigenvalue weighted by molar-refractivity contribution is -0.0511. The van der Waals surface area contributed by atoms with Crippen molar-refractivity contribution in [2.75, 3.05) is 33.3 Å². The van der Waals surface area contributed by atoms with Crippen LogP contribution < -0.4 is 19.5 Å². The maximum absolute atomic E-state index is 10.3. The van der Waals surface area contributed by atoms with Gasteiger partial charge in [0.2, 0.25) is 5.75 Å². The molecule has 4 N–H and O–H groups in total. The van der Waals surface area contributed by atoms with Gasteiger partial charge in [0.1, 0.15) is 24.6 Å². The van der Waals surface area contributed by atoms with E-state index in [1.807, 2.05) is 12.1 Å². The van der Waals surface area contributed by atoms with Crippen molar-refractivity contribution in [2.24, 2.45) is 0 Å². The number of hydrogen-bond donors (Lipinski definition) is 4. The second-order valence-electron chi connectivity index (χ2n) is 7.16. The molecule has 32 heavy (non-hydrogen) atoms. The SMILES string of the molecule is COc1cc(CNc2ncnc3c2ncn3[C@@H]2O[C@H](CO)C(O)[C@@H]2O)cc(OC)c1OC. The van der Waals surface area contributed by atoms with Crippen LogP contribution in [0.15, 0.2) is 24.8 Å². The number of rotatable bonds is 8. The summed E-state index contributed by atoms with van der Waals surface area (Å²) < 4.78 is 23.2. The molecule has 1 aromatic carbocycles. The fourth-order valence-corrected chi connectivity index (χ4v) is 3.70. The van der Waals surface area contributed by atoms with Crippen molar-refractivity contribution in [3.63, 3.8) is 0 Å². The van der Waals surface area contributed by atoms with E-state index in [-0.39, 0.29) is 0 Å². The van der Waals surface area contributed by atoms with Gasteiger partial charge in [0, 0.05) is 6.54 Å². The lowest BCUT2D eigenvalue weighted by atomic mass is 10.1. The van der Waals surface area contributed by atoms with Crippen molar-refractivity contribution in [3.8, 4) is 17.2 Å². The standard InChI is InChI=1S/C20H25N5O7/c1-29-11-4-10(5-12(30-2)17(11)31-3)6-21-18-14-19(23-8-22-18)25(9-24-14)20-16(28)15(27)13(7-26)32-20/h4-5,8-9,13,15-16,20,26-28H,6-7H2,1-3H3,(H,21,22,23)/t13-,15?,16+,20-/m1/s1. The molecular weight excluding hydrogens is 422 g/mol. The number of ether oxygens (including phenoxy) is 4. The third kappa shape index (κ3) is 3.77. The molecule has 0 saturated carbocycles. The zero-order chi connectivity index (χ0) is 22.8. The van der Waals surface area contributed by atoms with E-state index in [1.165, 1.54) is 17.2 Å². The molecular formula is C20H25N5O7. The number of benzene rings is 1. The van der Waals surface area contributed by atoms with Crippen LogP contribution in [0.5, 0.6) is 17.2 Å². The van der Waals surface area contributed by atoms with E-state index in [0.717, 1.165) is 5.56 Å². The Labute approximate surface area is 183 Å². The minimum absolute atomic E-state index is 0.379. The highest BCUT2D eigenvalue weighted by atomic mass is 16.6. The van der Waals surface area contributed by atoms with Gasteiger partial charge in [-0.2, -0.15) is 0 Å². The van der Waals surface area contributed by atoms with Gasteiger partial charge in [-0.05, 0) is 17.7 Å². The summed E-state index contributed by atoms with van der Waals surface area (Å²) in [6.07, 6.45) is -1.49. The molecule has 12 heteroatoms. The summed E-state index contributed by atoms with van der Waals surface area (Å²) in [5, 5.41) is 32.9. The number of methoxy groups -OCH3 is 3. The fourth-order valence-electron chi connectivity index (χ4n) is 3.70. The maximum atomic E-state index is 10.3. The fraction of sp³-hybridized carbons (Fsp3) is 0.450. The zero-order valence-corrected chi connectivity index (χ0v) is 17.8. The molecule has 0 radical (unpaired) electrons. The van der Waals surface area contributed by atoms with Crippen molar-refractivity contribution in [1.82, 2.24) is 19.5 Å². The largest absolute Gasteiger partial charge is 0.493 e. The average molecular weight is 447 g/mol. The number of fused-ring (bicyclic) bond motifs is 1. The molecule has 1 unspecified atom stereocenters. The van der Waals surface area contributed by atoms with Crippen molar-refractivity contribution in [2.45, 2.75) is 31.1 Å². The Morgan fingerprint density at radius 1 is 1.03 bits per heavy atom. The molecule has 0 amide bonds. The molecule has 4 rings (SSSR count). The average Bonchev–Trinajstić information content (AvgIpc) is 3.37. The Hall–Kier alpha value is -3.19. The summed E-state index contributed by atoms with van der Waals surface area (Å²) in [5.41, 5.74) is 1.72. The number of nitrogens with zero attached hydrogens (tertiary/aromatic N) is 4. The predicted molar refractivity (Wildman–Crippen MR) is 112 cm³/mol.